The van der Waals surface area contributed by atoms with E-state index in [2.05, 4.69) is 17.2 Å². The lowest BCUT2D eigenvalue weighted by Gasteiger charge is -2.28. The van der Waals surface area contributed by atoms with Crippen molar-refractivity contribution in [1.29, 1.82) is 0 Å². The molecule has 0 fully saturated rings. The SMILES string of the molecule is C=CCC(C(=O)OCc1ccccc1)C(NC(=O)OC(C)(C)C)C(=O)NC(CO)Cc1ccccc1. The van der Waals surface area contributed by atoms with Gasteiger partial charge in [-0.25, -0.2) is 4.79 Å². The maximum absolute atomic E-state index is 13.4. The first kappa shape index (κ1) is 28.6. The van der Waals surface area contributed by atoms with Gasteiger partial charge in [0.25, 0.3) is 0 Å². The molecule has 2 aromatic rings. The highest BCUT2D eigenvalue weighted by Gasteiger charge is 2.37. The number of esters is 1. The Balaban J connectivity index is 2.23. The summed E-state index contributed by atoms with van der Waals surface area (Å²) < 4.78 is 10.8. The summed E-state index contributed by atoms with van der Waals surface area (Å²) in [5, 5.41) is 15.2. The van der Waals surface area contributed by atoms with Crippen LogP contribution in [0, 0.1) is 5.92 Å². The molecule has 0 saturated heterocycles. The summed E-state index contributed by atoms with van der Waals surface area (Å²) in [5.41, 5.74) is 0.888. The summed E-state index contributed by atoms with van der Waals surface area (Å²) in [6.45, 7) is 8.46. The summed E-state index contributed by atoms with van der Waals surface area (Å²) >= 11 is 0. The van der Waals surface area contributed by atoms with E-state index in [1.807, 2.05) is 60.7 Å². The average Bonchev–Trinajstić information content (AvgIpc) is 2.84. The Morgan fingerprint density at radius 1 is 0.972 bits per heavy atom. The third-order valence-corrected chi connectivity index (χ3v) is 5.20. The summed E-state index contributed by atoms with van der Waals surface area (Å²) in [7, 11) is 0. The van der Waals surface area contributed by atoms with Crippen molar-refractivity contribution in [2.75, 3.05) is 6.61 Å². The zero-order valence-corrected chi connectivity index (χ0v) is 21.1. The minimum Gasteiger partial charge on any atom is -0.461 e. The molecule has 3 atom stereocenters. The Hall–Kier alpha value is -3.65. The summed E-state index contributed by atoms with van der Waals surface area (Å²) in [6.07, 6.45) is 1.08. The van der Waals surface area contributed by atoms with E-state index in [-0.39, 0.29) is 19.6 Å². The maximum atomic E-state index is 13.4. The first-order valence-electron chi connectivity index (χ1n) is 11.9. The number of rotatable bonds is 12. The van der Waals surface area contributed by atoms with E-state index in [1.165, 1.54) is 6.08 Å². The number of hydrogen-bond donors (Lipinski definition) is 3. The predicted octanol–water partition coefficient (Wildman–Crippen LogP) is 3.54. The molecule has 3 N–H and O–H groups in total. The quantitative estimate of drug-likeness (QED) is 0.306. The van der Waals surface area contributed by atoms with E-state index in [0.29, 0.717) is 6.42 Å². The van der Waals surface area contributed by atoms with Gasteiger partial charge >= 0.3 is 12.1 Å². The van der Waals surface area contributed by atoms with Crippen molar-refractivity contribution in [2.24, 2.45) is 5.92 Å². The smallest absolute Gasteiger partial charge is 0.408 e. The van der Waals surface area contributed by atoms with Gasteiger partial charge in [0.05, 0.1) is 18.6 Å². The fourth-order valence-corrected chi connectivity index (χ4v) is 3.52. The number of aliphatic hydroxyl groups excluding tert-OH is 1. The van der Waals surface area contributed by atoms with E-state index in [9.17, 15) is 19.5 Å². The largest absolute Gasteiger partial charge is 0.461 e. The summed E-state index contributed by atoms with van der Waals surface area (Å²) in [6, 6.07) is 16.5. The fraction of sp³-hybridized carbons (Fsp3) is 0.393. The van der Waals surface area contributed by atoms with Crippen molar-refractivity contribution < 1.29 is 29.0 Å². The Labute approximate surface area is 212 Å². The second-order valence-corrected chi connectivity index (χ2v) is 9.43. The van der Waals surface area contributed by atoms with Crippen LogP contribution in [0.5, 0.6) is 0 Å². The highest BCUT2D eigenvalue weighted by molar-refractivity contribution is 5.91. The van der Waals surface area contributed by atoms with Gasteiger partial charge in [0.1, 0.15) is 18.2 Å². The normalized spacial score (nSPS) is 13.6. The minimum absolute atomic E-state index is 0.0152. The van der Waals surface area contributed by atoms with Gasteiger partial charge in [-0.2, -0.15) is 0 Å². The first-order chi connectivity index (χ1) is 17.1. The number of carbonyl (C=O) groups excluding carboxylic acids is 3. The highest BCUT2D eigenvalue weighted by Crippen LogP contribution is 2.17. The molecule has 0 aliphatic carbocycles. The van der Waals surface area contributed by atoms with Crippen LogP contribution in [0.4, 0.5) is 4.79 Å². The zero-order valence-electron chi connectivity index (χ0n) is 21.1. The predicted molar refractivity (Wildman–Crippen MR) is 137 cm³/mol. The van der Waals surface area contributed by atoms with Crippen LogP contribution in [0.15, 0.2) is 73.3 Å². The lowest BCUT2D eigenvalue weighted by Crippen LogP contribution is -2.56. The molecule has 194 valence electrons. The summed E-state index contributed by atoms with van der Waals surface area (Å²) in [5.74, 6) is -2.37. The van der Waals surface area contributed by atoms with Crippen molar-refractivity contribution in [2.45, 2.75) is 57.9 Å². The van der Waals surface area contributed by atoms with Crippen LogP contribution in [0.25, 0.3) is 0 Å². The Morgan fingerprint density at radius 2 is 1.56 bits per heavy atom. The Kier molecular flexibility index (Phi) is 11.1. The van der Waals surface area contributed by atoms with E-state index < -0.39 is 41.6 Å². The molecule has 0 radical (unpaired) electrons. The third-order valence-electron chi connectivity index (χ3n) is 5.20. The lowest BCUT2D eigenvalue weighted by molar-refractivity contribution is -0.152. The van der Waals surface area contributed by atoms with Gasteiger partial charge < -0.3 is 25.2 Å². The number of aliphatic hydroxyl groups is 1. The molecule has 36 heavy (non-hydrogen) atoms. The fourth-order valence-electron chi connectivity index (χ4n) is 3.52. The van der Waals surface area contributed by atoms with E-state index in [0.717, 1.165) is 11.1 Å². The van der Waals surface area contributed by atoms with Crippen molar-refractivity contribution >= 4 is 18.0 Å². The van der Waals surface area contributed by atoms with E-state index in [1.54, 1.807) is 20.8 Å². The van der Waals surface area contributed by atoms with Crippen LogP contribution < -0.4 is 10.6 Å². The van der Waals surface area contributed by atoms with Crippen LogP contribution in [0.3, 0.4) is 0 Å². The number of ether oxygens (including phenoxy) is 2. The van der Waals surface area contributed by atoms with Crippen LogP contribution in [0.1, 0.15) is 38.3 Å². The van der Waals surface area contributed by atoms with Gasteiger partial charge in [-0.05, 0) is 44.7 Å². The maximum Gasteiger partial charge on any atom is 0.408 e. The van der Waals surface area contributed by atoms with E-state index in [4.69, 9.17) is 9.47 Å². The number of amides is 2. The molecule has 0 spiro atoms. The van der Waals surface area contributed by atoms with Gasteiger partial charge in [-0.3, -0.25) is 9.59 Å². The second kappa shape index (κ2) is 14.0. The average molecular weight is 497 g/mol. The van der Waals surface area contributed by atoms with Crippen molar-refractivity contribution in [3.8, 4) is 0 Å². The second-order valence-electron chi connectivity index (χ2n) is 9.43. The number of nitrogens with one attached hydrogen (secondary N) is 2. The van der Waals surface area contributed by atoms with Crippen molar-refractivity contribution in [3.63, 3.8) is 0 Å². The van der Waals surface area contributed by atoms with Gasteiger partial charge in [0.2, 0.25) is 5.91 Å². The molecule has 0 bridgehead atoms. The number of carbonyl (C=O) groups is 3. The molecule has 0 heterocycles. The van der Waals surface area contributed by atoms with Crippen LogP contribution in [-0.4, -0.2) is 47.4 Å². The molecule has 2 amide bonds. The molecule has 0 aliphatic rings. The number of benzene rings is 2. The third kappa shape index (κ3) is 9.92. The molecular weight excluding hydrogens is 460 g/mol. The minimum atomic E-state index is -1.31. The van der Waals surface area contributed by atoms with Gasteiger partial charge in [-0.1, -0.05) is 66.7 Å². The first-order valence-corrected chi connectivity index (χ1v) is 11.9. The Morgan fingerprint density at radius 3 is 2.08 bits per heavy atom. The van der Waals surface area contributed by atoms with Gasteiger partial charge in [0.15, 0.2) is 0 Å². The lowest BCUT2D eigenvalue weighted by atomic mass is 9.94. The molecule has 8 nitrogen and oxygen atoms in total. The van der Waals surface area contributed by atoms with Gasteiger partial charge in [0, 0.05) is 0 Å². The van der Waals surface area contributed by atoms with Crippen LogP contribution in [0.2, 0.25) is 0 Å². The van der Waals surface area contributed by atoms with Crippen LogP contribution >= 0.6 is 0 Å². The number of alkyl carbamates (subject to hydrolysis) is 1. The molecule has 0 aromatic heterocycles. The highest BCUT2D eigenvalue weighted by atomic mass is 16.6. The molecule has 2 aromatic carbocycles. The molecule has 0 aliphatic heterocycles. The molecular formula is C28H36N2O6. The summed E-state index contributed by atoms with van der Waals surface area (Å²) in [4.78, 5) is 39.0. The molecule has 8 heteroatoms. The van der Waals surface area contributed by atoms with Crippen LogP contribution in [-0.2, 0) is 32.1 Å². The number of allylic oxidation sites excluding steroid dienone is 1. The van der Waals surface area contributed by atoms with E-state index >= 15 is 0 Å². The van der Waals surface area contributed by atoms with Crippen molar-refractivity contribution in [1.82, 2.24) is 10.6 Å². The van der Waals surface area contributed by atoms with Crippen molar-refractivity contribution in [3.05, 3.63) is 84.4 Å². The monoisotopic (exact) mass is 496 g/mol. The molecule has 3 unspecified atom stereocenters. The molecule has 0 saturated carbocycles. The number of hydrogen-bond acceptors (Lipinski definition) is 6. The topological polar surface area (TPSA) is 114 Å². The Bertz CT molecular complexity index is 988. The zero-order chi connectivity index (χ0) is 26.6. The molecule has 2 rings (SSSR count). The van der Waals surface area contributed by atoms with Gasteiger partial charge in [-0.15, -0.1) is 6.58 Å². The standard InChI is InChI=1S/C28H36N2O6/c1-5-12-23(26(33)35-19-21-15-10-7-11-16-21)24(30-27(34)36-28(2,3)4)25(32)29-22(18-31)17-20-13-8-6-9-14-20/h5-11,13-16,22-24,31H,1,12,17-19H2,2-4H3,(H,29,32)(H,30,34).